The number of aliphatic imine (C=N–C) groups is 1. The van der Waals surface area contributed by atoms with Gasteiger partial charge in [-0.25, -0.2) is 17.5 Å². The first kappa shape index (κ1) is 26.7. The molecule has 0 bridgehead atoms. The summed E-state index contributed by atoms with van der Waals surface area (Å²) >= 11 is 0. The number of hydrogen-bond donors (Lipinski definition) is 2. The Bertz CT molecular complexity index is 1160. The average Bonchev–Trinajstić information content (AvgIpc) is 3.35. The minimum absolute atomic E-state index is 0.0792. The van der Waals surface area contributed by atoms with Crippen LogP contribution in [0.4, 0.5) is 4.79 Å². The molecule has 1 amide bonds. The van der Waals surface area contributed by atoms with Crippen LogP contribution in [0.1, 0.15) is 49.3 Å². The number of amidine groups is 1. The third-order valence-corrected chi connectivity index (χ3v) is 7.82. The number of rotatable bonds is 9. The van der Waals surface area contributed by atoms with Crippen LogP contribution in [-0.2, 0) is 25.9 Å². The van der Waals surface area contributed by atoms with E-state index >= 15 is 0 Å². The molecular weight excluding hydrogens is 470 g/mol. The van der Waals surface area contributed by atoms with E-state index in [0.29, 0.717) is 18.9 Å². The predicted octanol–water partition coefficient (Wildman–Crippen LogP) is 3.40. The zero-order valence-electron chi connectivity index (χ0n) is 20.3. The van der Waals surface area contributed by atoms with Crippen molar-refractivity contribution in [1.29, 1.82) is 0 Å². The molecule has 1 heterocycles. The van der Waals surface area contributed by atoms with Crippen molar-refractivity contribution in [3.05, 3.63) is 59.2 Å². The molecule has 35 heavy (non-hydrogen) atoms. The Morgan fingerprint density at radius 2 is 1.97 bits per heavy atom. The molecule has 1 saturated heterocycles. The summed E-state index contributed by atoms with van der Waals surface area (Å²) in [6, 6.07) is 11.9. The van der Waals surface area contributed by atoms with E-state index < -0.39 is 21.9 Å². The molecule has 1 fully saturated rings. The highest BCUT2D eigenvalue weighted by molar-refractivity contribution is 7.89. The lowest BCUT2D eigenvalue weighted by Crippen LogP contribution is -2.29. The molecule has 1 aliphatic heterocycles. The number of aromatic hydroxyl groups is 1. The van der Waals surface area contributed by atoms with E-state index in [-0.39, 0.29) is 35.6 Å². The van der Waals surface area contributed by atoms with E-state index in [0.717, 1.165) is 18.4 Å². The van der Waals surface area contributed by atoms with E-state index in [9.17, 15) is 18.3 Å². The number of carbonyl (C=O) groups excluding carboxylic acids is 1. The number of nitrogens with two attached hydrogens (primary N) is 1. The number of ether oxygens (including phenoxy) is 2. The third kappa shape index (κ3) is 7.03. The van der Waals surface area contributed by atoms with Gasteiger partial charge >= 0.3 is 6.09 Å². The minimum Gasteiger partial charge on any atom is -0.507 e. The molecule has 0 aliphatic carbocycles. The molecule has 3 N–H and O–H groups in total. The summed E-state index contributed by atoms with van der Waals surface area (Å²) in [5.41, 5.74) is 8.31. The van der Waals surface area contributed by atoms with Crippen molar-refractivity contribution < 1.29 is 27.8 Å². The highest BCUT2D eigenvalue weighted by Gasteiger charge is 2.25. The maximum Gasteiger partial charge on any atom is 0.435 e. The monoisotopic (exact) mass is 503 g/mol. The number of carbonyl (C=O) groups is 1. The van der Waals surface area contributed by atoms with Crippen LogP contribution < -0.4 is 5.73 Å². The Kier molecular flexibility index (Phi) is 8.87. The highest BCUT2D eigenvalue weighted by atomic mass is 32.2. The molecule has 2 aromatic rings. The predicted molar refractivity (Wildman–Crippen MR) is 133 cm³/mol. The summed E-state index contributed by atoms with van der Waals surface area (Å²) in [6.45, 7) is 5.16. The fraction of sp³-hybridized carbons (Fsp3) is 0.440. The van der Waals surface area contributed by atoms with E-state index in [1.54, 1.807) is 0 Å². The van der Waals surface area contributed by atoms with Gasteiger partial charge in [-0.3, -0.25) is 0 Å². The molecule has 10 heteroatoms. The number of phenols is 1. The van der Waals surface area contributed by atoms with Crippen LogP contribution in [0.2, 0.25) is 0 Å². The maximum absolute atomic E-state index is 13.1. The van der Waals surface area contributed by atoms with E-state index in [2.05, 4.69) is 18.8 Å². The van der Waals surface area contributed by atoms with Crippen molar-refractivity contribution in [2.75, 3.05) is 26.8 Å². The number of amides is 1. The van der Waals surface area contributed by atoms with Crippen molar-refractivity contribution in [3.8, 4) is 5.75 Å². The Labute approximate surface area is 206 Å². The molecule has 190 valence electrons. The normalized spacial score (nSPS) is 16.7. The van der Waals surface area contributed by atoms with Gasteiger partial charge in [0.1, 0.15) is 23.1 Å². The van der Waals surface area contributed by atoms with Crippen LogP contribution in [0.3, 0.4) is 0 Å². The van der Waals surface area contributed by atoms with Crippen molar-refractivity contribution in [2.45, 2.75) is 50.0 Å². The summed E-state index contributed by atoms with van der Waals surface area (Å²) in [6.07, 6.45) is 1.19. The van der Waals surface area contributed by atoms with Crippen LogP contribution in [0, 0.1) is 0 Å². The highest BCUT2D eigenvalue weighted by Crippen LogP contribution is 2.27. The molecule has 0 aromatic heterocycles. The van der Waals surface area contributed by atoms with Gasteiger partial charge in [-0.05, 0) is 54.5 Å². The zero-order chi connectivity index (χ0) is 25.6. The summed E-state index contributed by atoms with van der Waals surface area (Å²) in [7, 11) is -2.58. The SMILES string of the molecule is CC(C)c1ccc(CCN(C)S(=O)(=O)c2cc(C(N)=NC(=O)OCC3CCCO3)ccc2O)cc1. The molecule has 1 unspecified atom stereocenters. The maximum atomic E-state index is 13.1. The number of sulfonamides is 1. The molecule has 2 aromatic carbocycles. The third-order valence-electron chi connectivity index (χ3n) is 5.93. The van der Waals surface area contributed by atoms with Gasteiger partial charge in [0, 0.05) is 25.8 Å². The standard InChI is InChI=1S/C25H33N3O6S/c1-17(2)19-8-6-18(7-9-19)12-13-28(3)35(31,32)23-15-20(10-11-22(23)29)24(26)27-25(30)34-16-21-5-4-14-33-21/h6-11,15,17,21,29H,4-5,12-14,16H2,1-3H3,(H2,26,27,30). The summed E-state index contributed by atoms with van der Waals surface area (Å²) in [5.74, 6) is -0.219. The fourth-order valence-electron chi connectivity index (χ4n) is 3.66. The van der Waals surface area contributed by atoms with Crippen molar-refractivity contribution >= 4 is 22.0 Å². The first-order valence-corrected chi connectivity index (χ1v) is 13.0. The topological polar surface area (TPSA) is 132 Å². The largest absolute Gasteiger partial charge is 0.507 e. The molecule has 1 atom stereocenters. The van der Waals surface area contributed by atoms with Crippen LogP contribution in [0.15, 0.2) is 52.4 Å². The Morgan fingerprint density at radius 3 is 2.60 bits per heavy atom. The second-order valence-electron chi connectivity index (χ2n) is 8.86. The van der Waals surface area contributed by atoms with Crippen molar-refractivity contribution in [2.24, 2.45) is 10.7 Å². The molecule has 0 radical (unpaired) electrons. The lowest BCUT2D eigenvalue weighted by Gasteiger charge is -2.18. The number of phenolic OH excluding ortho intramolecular Hbond substituents is 1. The summed E-state index contributed by atoms with van der Waals surface area (Å²) < 4.78 is 37.9. The van der Waals surface area contributed by atoms with Gasteiger partial charge in [0.25, 0.3) is 0 Å². The molecule has 3 rings (SSSR count). The van der Waals surface area contributed by atoms with Crippen molar-refractivity contribution in [3.63, 3.8) is 0 Å². The number of nitrogens with zero attached hydrogens (tertiary/aromatic N) is 2. The van der Waals surface area contributed by atoms with Gasteiger partial charge in [0.2, 0.25) is 10.0 Å². The Balaban J connectivity index is 1.68. The molecular formula is C25H33N3O6S. The van der Waals surface area contributed by atoms with Crippen LogP contribution in [0.25, 0.3) is 0 Å². The molecule has 0 saturated carbocycles. The van der Waals surface area contributed by atoms with E-state index in [4.69, 9.17) is 15.2 Å². The molecule has 1 aliphatic rings. The summed E-state index contributed by atoms with van der Waals surface area (Å²) in [4.78, 5) is 15.4. The number of likely N-dealkylation sites (N-methyl/N-ethyl adjacent to an activating group) is 1. The second-order valence-corrected chi connectivity index (χ2v) is 10.9. The van der Waals surface area contributed by atoms with Crippen LogP contribution >= 0.6 is 0 Å². The molecule has 0 spiro atoms. The quantitative estimate of drug-likeness (QED) is 0.396. The van der Waals surface area contributed by atoms with Crippen LogP contribution in [-0.4, -0.2) is 62.7 Å². The van der Waals surface area contributed by atoms with Gasteiger partial charge in [-0.1, -0.05) is 38.1 Å². The lowest BCUT2D eigenvalue weighted by molar-refractivity contribution is 0.0471. The minimum atomic E-state index is -4.03. The van der Waals surface area contributed by atoms with Crippen molar-refractivity contribution in [1.82, 2.24) is 4.31 Å². The van der Waals surface area contributed by atoms with Gasteiger partial charge in [-0.15, -0.1) is 0 Å². The number of benzene rings is 2. The molecule has 9 nitrogen and oxygen atoms in total. The summed E-state index contributed by atoms with van der Waals surface area (Å²) in [5, 5.41) is 10.3. The second kappa shape index (κ2) is 11.7. The number of hydrogen-bond acceptors (Lipinski definition) is 6. The lowest BCUT2D eigenvalue weighted by atomic mass is 10.0. The van der Waals surface area contributed by atoms with E-state index in [1.807, 2.05) is 24.3 Å². The van der Waals surface area contributed by atoms with Gasteiger partial charge in [-0.2, -0.15) is 4.99 Å². The Morgan fingerprint density at radius 1 is 1.26 bits per heavy atom. The van der Waals surface area contributed by atoms with Gasteiger partial charge in [0.15, 0.2) is 0 Å². The van der Waals surface area contributed by atoms with Crippen LogP contribution in [0.5, 0.6) is 5.75 Å². The van der Waals surface area contributed by atoms with Gasteiger partial charge in [0.05, 0.1) is 6.10 Å². The average molecular weight is 504 g/mol. The first-order chi connectivity index (χ1) is 16.6. The fourth-order valence-corrected chi connectivity index (χ4v) is 4.93. The van der Waals surface area contributed by atoms with E-state index in [1.165, 1.54) is 35.1 Å². The first-order valence-electron chi connectivity index (χ1n) is 11.6. The smallest absolute Gasteiger partial charge is 0.435 e. The Hall–Kier alpha value is -2.95. The van der Waals surface area contributed by atoms with Gasteiger partial charge < -0.3 is 20.3 Å². The zero-order valence-corrected chi connectivity index (χ0v) is 21.1.